The first kappa shape index (κ1) is 8.69. The number of hydrogen-bond donors (Lipinski definition) is 1. The third kappa shape index (κ3) is 1.57. The molecule has 0 fully saturated rings. The van der Waals surface area contributed by atoms with E-state index in [2.05, 4.69) is 4.99 Å². The average Bonchev–Trinajstić information content (AvgIpc) is 2.39. The van der Waals surface area contributed by atoms with E-state index in [-0.39, 0.29) is 5.71 Å². The van der Waals surface area contributed by atoms with Crippen LogP contribution in [0.25, 0.3) is 6.08 Å². The minimum Gasteiger partial charge on any atom is -0.477 e. The highest BCUT2D eigenvalue weighted by Crippen LogP contribution is 2.23. The number of carboxylic acids is 1. The Labute approximate surface area is 81.4 Å². The number of aliphatic carboxylic acids is 1. The van der Waals surface area contributed by atoms with Crippen LogP contribution in [-0.2, 0) is 4.79 Å². The third-order valence-corrected chi connectivity index (χ3v) is 2.05. The van der Waals surface area contributed by atoms with Crippen molar-refractivity contribution in [3.8, 4) is 0 Å². The van der Waals surface area contributed by atoms with Gasteiger partial charge in [0.15, 0.2) is 0 Å². The van der Waals surface area contributed by atoms with Crippen molar-refractivity contribution in [1.82, 2.24) is 0 Å². The highest BCUT2D eigenvalue weighted by Gasteiger charge is 2.10. The Morgan fingerprint density at radius 3 is 2.93 bits per heavy atom. The number of aliphatic imine (C=N–C) groups is 1. The maximum Gasteiger partial charge on any atom is 0.350 e. The minimum absolute atomic E-state index is 0.186. The van der Waals surface area contributed by atoms with Crippen molar-refractivity contribution < 1.29 is 9.90 Å². The lowest BCUT2D eigenvalue weighted by molar-refractivity contribution is -0.129. The predicted molar refractivity (Wildman–Crippen MR) is 54.8 cm³/mol. The number of benzene rings is 1. The number of para-hydroxylation sites is 1. The fourth-order valence-corrected chi connectivity index (χ4v) is 1.35. The molecule has 70 valence electrons. The fourth-order valence-electron chi connectivity index (χ4n) is 1.35. The average molecular weight is 187 g/mol. The van der Waals surface area contributed by atoms with Gasteiger partial charge in [0.1, 0.15) is 5.71 Å². The summed E-state index contributed by atoms with van der Waals surface area (Å²) in [5, 5.41) is 8.82. The Bertz CT molecular complexity index is 433. The quantitative estimate of drug-likeness (QED) is 0.733. The molecule has 14 heavy (non-hydrogen) atoms. The van der Waals surface area contributed by atoms with Crippen molar-refractivity contribution in [3.63, 3.8) is 0 Å². The van der Waals surface area contributed by atoms with Crippen LogP contribution in [0.4, 0.5) is 5.69 Å². The monoisotopic (exact) mass is 187 g/mol. The number of rotatable bonds is 1. The van der Waals surface area contributed by atoms with E-state index in [1.807, 2.05) is 36.4 Å². The molecule has 1 N–H and O–H groups in total. The second kappa shape index (κ2) is 3.46. The molecule has 1 heterocycles. The van der Waals surface area contributed by atoms with Crippen LogP contribution >= 0.6 is 0 Å². The Kier molecular flexibility index (Phi) is 2.14. The molecule has 0 spiro atoms. The molecule has 1 aliphatic heterocycles. The van der Waals surface area contributed by atoms with Gasteiger partial charge in [-0.25, -0.2) is 9.79 Å². The van der Waals surface area contributed by atoms with Crippen molar-refractivity contribution in [3.05, 3.63) is 35.9 Å². The van der Waals surface area contributed by atoms with Gasteiger partial charge >= 0.3 is 5.97 Å². The summed E-state index contributed by atoms with van der Waals surface area (Å²) in [5.74, 6) is -0.952. The lowest BCUT2D eigenvalue weighted by atomic mass is 10.2. The van der Waals surface area contributed by atoms with Gasteiger partial charge in [-0.15, -0.1) is 0 Å². The van der Waals surface area contributed by atoms with Gasteiger partial charge in [-0.1, -0.05) is 30.4 Å². The molecule has 0 amide bonds. The molecular weight excluding hydrogens is 178 g/mol. The third-order valence-electron chi connectivity index (χ3n) is 2.05. The molecule has 0 radical (unpaired) electrons. The molecule has 1 aliphatic rings. The van der Waals surface area contributed by atoms with Gasteiger partial charge in [0.25, 0.3) is 0 Å². The summed E-state index contributed by atoms with van der Waals surface area (Å²) in [4.78, 5) is 14.8. The lowest BCUT2D eigenvalue weighted by Crippen LogP contribution is -2.10. The van der Waals surface area contributed by atoms with E-state index >= 15 is 0 Å². The fraction of sp³-hybridized carbons (Fsp3) is 0.0909. The molecule has 0 unspecified atom stereocenters. The lowest BCUT2D eigenvalue weighted by Gasteiger charge is -1.98. The highest BCUT2D eigenvalue weighted by molar-refractivity contribution is 6.36. The van der Waals surface area contributed by atoms with E-state index in [0.717, 1.165) is 11.3 Å². The van der Waals surface area contributed by atoms with Crippen LogP contribution in [0.2, 0.25) is 0 Å². The molecule has 0 bridgehead atoms. The second-order valence-corrected chi connectivity index (χ2v) is 3.03. The highest BCUT2D eigenvalue weighted by atomic mass is 16.4. The van der Waals surface area contributed by atoms with Crippen LogP contribution in [0.15, 0.2) is 35.3 Å². The van der Waals surface area contributed by atoms with Gasteiger partial charge in [0.2, 0.25) is 0 Å². The number of carboxylic acid groups (broad SMARTS) is 1. The summed E-state index contributed by atoms with van der Waals surface area (Å²) >= 11 is 0. The summed E-state index contributed by atoms with van der Waals surface area (Å²) in [6.45, 7) is 0. The zero-order valence-electron chi connectivity index (χ0n) is 7.47. The maximum absolute atomic E-state index is 10.8. The van der Waals surface area contributed by atoms with Crippen molar-refractivity contribution in [1.29, 1.82) is 0 Å². The van der Waals surface area contributed by atoms with Crippen molar-refractivity contribution in [2.75, 3.05) is 0 Å². The molecule has 3 nitrogen and oxygen atoms in total. The first-order chi connectivity index (χ1) is 6.77. The Morgan fingerprint density at radius 2 is 2.14 bits per heavy atom. The van der Waals surface area contributed by atoms with E-state index in [9.17, 15) is 4.79 Å². The summed E-state index contributed by atoms with van der Waals surface area (Å²) < 4.78 is 0. The number of hydrogen-bond acceptors (Lipinski definition) is 2. The zero-order valence-corrected chi connectivity index (χ0v) is 7.47. The van der Waals surface area contributed by atoms with E-state index < -0.39 is 5.97 Å². The predicted octanol–water partition coefficient (Wildman–Crippen LogP) is 2.26. The number of fused-ring (bicyclic) bond motifs is 1. The molecule has 0 saturated carbocycles. The molecule has 0 aliphatic carbocycles. The van der Waals surface area contributed by atoms with Gasteiger partial charge in [0.05, 0.1) is 5.69 Å². The smallest absolute Gasteiger partial charge is 0.350 e. The molecule has 2 rings (SSSR count). The SMILES string of the molecule is O=C(O)C1=Nc2ccccc2C=CC1. The molecule has 1 aromatic carbocycles. The minimum atomic E-state index is -0.952. The first-order valence-electron chi connectivity index (χ1n) is 4.34. The first-order valence-corrected chi connectivity index (χ1v) is 4.34. The number of allylic oxidation sites excluding steroid dienone is 1. The molecule has 0 atom stereocenters. The van der Waals surface area contributed by atoms with Crippen molar-refractivity contribution in [2.24, 2.45) is 4.99 Å². The maximum atomic E-state index is 10.8. The van der Waals surface area contributed by atoms with Crippen LogP contribution in [-0.4, -0.2) is 16.8 Å². The largest absolute Gasteiger partial charge is 0.477 e. The van der Waals surface area contributed by atoms with Gasteiger partial charge in [-0.3, -0.25) is 0 Å². The van der Waals surface area contributed by atoms with Crippen LogP contribution < -0.4 is 0 Å². The van der Waals surface area contributed by atoms with Crippen LogP contribution in [0.1, 0.15) is 12.0 Å². The molecule has 0 saturated heterocycles. The normalized spacial score (nSPS) is 14.1. The topological polar surface area (TPSA) is 49.7 Å². The van der Waals surface area contributed by atoms with Crippen LogP contribution in [0.5, 0.6) is 0 Å². The van der Waals surface area contributed by atoms with E-state index in [1.54, 1.807) is 0 Å². The Balaban J connectivity index is 2.52. The molecule has 0 aromatic heterocycles. The van der Waals surface area contributed by atoms with Gasteiger partial charge < -0.3 is 5.11 Å². The van der Waals surface area contributed by atoms with Crippen LogP contribution in [0.3, 0.4) is 0 Å². The van der Waals surface area contributed by atoms with E-state index in [0.29, 0.717) is 6.42 Å². The number of carbonyl (C=O) groups is 1. The number of nitrogens with zero attached hydrogens (tertiary/aromatic N) is 1. The second-order valence-electron chi connectivity index (χ2n) is 3.03. The van der Waals surface area contributed by atoms with Gasteiger partial charge in [-0.05, 0) is 11.6 Å². The van der Waals surface area contributed by atoms with Crippen molar-refractivity contribution >= 4 is 23.4 Å². The summed E-state index contributed by atoms with van der Waals surface area (Å²) in [7, 11) is 0. The van der Waals surface area contributed by atoms with Gasteiger partial charge in [-0.2, -0.15) is 0 Å². The standard InChI is InChI=1S/C11H9NO2/c13-11(14)10-7-3-5-8-4-1-2-6-9(8)12-10/h1-6H,7H2,(H,13,14). The Morgan fingerprint density at radius 1 is 1.36 bits per heavy atom. The van der Waals surface area contributed by atoms with Crippen molar-refractivity contribution in [2.45, 2.75) is 6.42 Å². The Hall–Kier alpha value is -1.90. The summed E-state index contributed by atoms with van der Waals surface area (Å²) in [6, 6.07) is 7.49. The zero-order chi connectivity index (χ0) is 9.97. The molecular formula is C11H9NO2. The van der Waals surface area contributed by atoms with E-state index in [4.69, 9.17) is 5.11 Å². The van der Waals surface area contributed by atoms with Crippen LogP contribution in [0, 0.1) is 0 Å². The molecule has 1 aromatic rings. The summed E-state index contributed by atoms with van der Waals surface area (Å²) in [5.41, 5.74) is 1.87. The van der Waals surface area contributed by atoms with Gasteiger partial charge in [0, 0.05) is 6.42 Å². The van der Waals surface area contributed by atoms with E-state index in [1.165, 1.54) is 0 Å². The molecule has 3 heteroatoms. The summed E-state index contributed by atoms with van der Waals surface area (Å²) in [6.07, 6.45) is 4.09.